The molecule has 6 heteroatoms. The topological polar surface area (TPSA) is 59.4 Å². The molecule has 1 N–H and O–H groups in total. The highest BCUT2D eigenvalue weighted by Crippen LogP contribution is 2.35. The quantitative estimate of drug-likeness (QED) is 0.846. The van der Waals surface area contributed by atoms with Gasteiger partial charge in [0.1, 0.15) is 5.82 Å². The summed E-state index contributed by atoms with van der Waals surface area (Å²) in [4.78, 5) is 18.6. The molecule has 0 unspecified atom stereocenters. The molecule has 23 heavy (non-hydrogen) atoms. The van der Waals surface area contributed by atoms with Gasteiger partial charge < -0.3 is 19.5 Å². The molecule has 2 fully saturated rings. The SMILES string of the molecule is CCc1nccn1CCCNC(=O)N1CCOC2(CCCC2)C1. The Morgan fingerprint density at radius 3 is 3.04 bits per heavy atom. The van der Waals surface area contributed by atoms with Crippen LogP contribution in [0.1, 0.15) is 44.9 Å². The van der Waals surface area contributed by atoms with E-state index >= 15 is 0 Å². The van der Waals surface area contributed by atoms with Crippen LogP contribution in [0.25, 0.3) is 0 Å². The molecule has 1 aliphatic heterocycles. The maximum atomic E-state index is 12.4. The number of hydrogen-bond acceptors (Lipinski definition) is 3. The number of rotatable bonds is 5. The molecule has 6 nitrogen and oxygen atoms in total. The van der Waals surface area contributed by atoms with Crippen LogP contribution in [0.3, 0.4) is 0 Å². The van der Waals surface area contributed by atoms with Crippen molar-refractivity contribution in [1.82, 2.24) is 19.8 Å². The second kappa shape index (κ2) is 7.34. The van der Waals surface area contributed by atoms with Gasteiger partial charge in [0.05, 0.1) is 18.8 Å². The molecule has 1 aromatic heterocycles. The van der Waals surface area contributed by atoms with Crippen LogP contribution in [-0.4, -0.2) is 52.3 Å². The summed E-state index contributed by atoms with van der Waals surface area (Å²) in [6.45, 7) is 5.83. The Morgan fingerprint density at radius 2 is 2.26 bits per heavy atom. The highest BCUT2D eigenvalue weighted by Gasteiger charge is 2.40. The van der Waals surface area contributed by atoms with Gasteiger partial charge in [0.15, 0.2) is 0 Å². The van der Waals surface area contributed by atoms with Crippen LogP contribution in [0.2, 0.25) is 0 Å². The van der Waals surface area contributed by atoms with Crippen molar-refractivity contribution in [3.8, 4) is 0 Å². The van der Waals surface area contributed by atoms with Crippen molar-refractivity contribution in [3.05, 3.63) is 18.2 Å². The van der Waals surface area contributed by atoms with Gasteiger partial charge in [0, 0.05) is 38.4 Å². The van der Waals surface area contributed by atoms with Gasteiger partial charge in [-0.15, -0.1) is 0 Å². The Balaban J connectivity index is 1.41. The number of nitrogens with zero attached hydrogens (tertiary/aromatic N) is 3. The number of ether oxygens (including phenoxy) is 1. The summed E-state index contributed by atoms with van der Waals surface area (Å²) in [7, 11) is 0. The van der Waals surface area contributed by atoms with Crippen molar-refractivity contribution in [3.63, 3.8) is 0 Å². The number of imidazole rings is 1. The van der Waals surface area contributed by atoms with E-state index < -0.39 is 0 Å². The lowest BCUT2D eigenvalue weighted by Crippen LogP contribution is -2.55. The van der Waals surface area contributed by atoms with Gasteiger partial charge in [-0.1, -0.05) is 19.8 Å². The first-order chi connectivity index (χ1) is 11.2. The Hall–Kier alpha value is -1.56. The van der Waals surface area contributed by atoms with E-state index in [0.717, 1.165) is 44.6 Å². The van der Waals surface area contributed by atoms with Crippen molar-refractivity contribution in [2.45, 2.75) is 57.6 Å². The minimum Gasteiger partial charge on any atom is -0.371 e. The van der Waals surface area contributed by atoms with Crippen molar-refractivity contribution in [1.29, 1.82) is 0 Å². The Morgan fingerprint density at radius 1 is 1.43 bits per heavy atom. The van der Waals surface area contributed by atoms with Gasteiger partial charge in [-0.25, -0.2) is 9.78 Å². The number of amides is 2. The van der Waals surface area contributed by atoms with Gasteiger partial charge in [0.25, 0.3) is 0 Å². The molecule has 1 saturated heterocycles. The number of nitrogens with one attached hydrogen (secondary N) is 1. The summed E-state index contributed by atoms with van der Waals surface area (Å²) in [6.07, 6.45) is 10.3. The van der Waals surface area contributed by atoms with Crippen LogP contribution >= 0.6 is 0 Å². The first-order valence-electron chi connectivity index (χ1n) is 8.89. The third-order valence-corrected chi connectivity index (χ3v) is 5.02. The summed E-state index contributed by atoms with van der Waals surface area (Å²) in [6, 6.07) is 0.0564. The van der Waals surface area contributed by atoms with E-state index in [0.29, 0.717) is 19.7 Å². The number of hydrogen-bond donors (Lipinski definition) is 1. The molecule has 1 aliphatic carbocycles. The molecular weight excluding hydrogens is 292 g/mol. The van der Waals surface area contributed by atoms with Crippen molar-refractivity contribution >= 4 is 6.03 Å². The first kappa shape index (κ1) is 16.3. The van der Waals surface area contributed by atoms with Crippen LogP contribution in [0.5, 0.6) is 0 Å². The average molecular weight is 320 g/mol. The van der Waals surface area contributed by atoms with E-state index in [4.69, 9.17) is 4.74 Å². The van der Waals surface area contributed by atoms with Crippen LogP contribution in [0.4, 0.5) is 4.79 Å². The molecule has 0 atom stereocenters. The molecule has 3 rings (SSSR count). The van der Waals surface area contributed by atoms with E-state index in [2.05, 4.69) is 21.8 Å². The predicted octanol–water partition coefficient (Wildman–Crippen LogP) is 2.19. The lowest BCUT2D eigenvalue weighted by Gasteiger charge is -2.40. The molecule has 2 heterocycles. The maximum Gasteiger partial charge on any atom is 0.317 e. The Kier molecular flexibility index (Phi) is 5.20. The van der Waals surface area contributed by atoms with E-state index in [1.807, 2.05) is 17.3 Å². The zero-order valence-corrected chi connectivity index (χ0v) is 14.1. The van der Waals surface area contributed by atoms with E-state index in [1.54, 1.807) is 0 Å². The summed E-state index contributed by atoms with van der Waals surface area (Å²) in [5.41, 5.74) is -0.0531. The zero-order valence-electron chi connectivity index (χ0n) is 14.1. The Bertz CT molecular complexity index is 522. The van der Waals surface area contributed by atoms with E-state index in [1.165, 1.54) is 12.8 Å². The molecule has 0 bridgehead atoms. The third-order valence-electron chi connectivity index (χ3n) is 5.02. The normalized spacial score (nSPS) is 20.1. The third kappa shape index (κ3) is 3.86. The fraction of sp³-hybridized carbons (Fsp3) is 0.765. The lowest BCUT2D eigenvalue weighted by molar-refractivity contribution is -0.0925. The average Bonchev–Trinajstić information content (AvgIpc) is 3.21. The van der Waals surface area contributed by atoms with Crippen molar-refractivity contribution in [2.24, 2.45) is 0 Å². The van der Waals surface area contributed by atoms with Gasteiger partial charge in [-0.2, -0.15) is 0 Å². The number of aromatic nitrogens is 2. The van der Waals surface area contributed by atoms with Crippen LogP contribution in [0.15, 0.2) is 12.4 Å². The van der Waals surface area contributed by atoms with Gasteiger partial charge in [-0.05, 0) is 19.3 Å². The minimum atomic E-state index is -0.0531. The molecule has 2 amide bonds. The maximum absolute atomic E-state index is 12.4. The standard InChI is InChI=1S/C17H28N4O2/c1-2-15-18-9-11-20(15)10-5-8-19-16(22)21-12-13-23-17(14-21)6-3-4-7-17/h9,11H,2-8,10,12-14H2,1H3,(H,19,22). The number of carbonyl (C=O) groups is 1. The molecular formula is C17H28N4O2. The summed E-state index contributed by atoms with van der Waals surface area (Å²) in [5, 5.41) is 3.06. The zero-order chi connectivity index (χ0) is 16.1. The fourth-order valence-corrected chi connectivity index (χ4v) is 3.75. The second-order valence-electron chi connectivity index (χ2n) is 6.64. The number of carbonyl (C=O) groups excluding carboxylic acids is 1. The molecule has 1 saturated carbocycles. The van der Waals surface area contributed by atoms with Crippen LogP contribution in [0, 0.1) is 0 Å². The van der Waals surface area contributed by atoms with Crippen LogP contribution in [-0.2, 0) is 17.7 Å². The molecule has 1 aromatic rings. The monoisotopic (exact) mass is 320 g/mol. The van der Waals surface area contributed by atoms with E-state index in [-0.39, 0.29) is 11.6 Å². The summed E-state index contributed by atoms with van der Waals surface area (Å²) < 4.78 is 8.14. The van der Waals surface area contributed by atoms with Crippen molar-refractivity contribution in [2.75, 3.05) is 26.2 Å². The molecule has 1 spiro atoms. The largest absolute Gasteiger partial charge is 0.371 e. The fourth-order valence-electron chi connectivity index (χ4n) is 3.75. The summed E-state index contributed by atoms with van der Waals surface area (Å²) >= 11 is 0. The minimum absolute atomic E-state index is 0.0531. The second-order valence-corrected chi connectivity index (χ2v) is 6.64. The predicted molar refractivity (Wildman–Crippen MR) is 88.3 cm³/mol. The highest BCUT2D eigenvalue weighted by molar-refractivity contribution is 5.74. The van der Waals surface area contributed by atoms with Gasteiger partial charge in [-0.3, -0.25) is 0 Å². The lowest BCUT2D eigenvalue weighted by atomic mass is 10.00. The highest BCUT2D eigenvalue weighted by atomic mass is 16.5. The molecule has 0 aromatic carbocycles. The van der Waals surface area contributed by atoms with E-state index in [9.17, 15) is 4.79 Å². The number of urea groups is 1. The number of morpholine rings is 1. The molecule has 128 valence electrons. The Labute approximate surface area is 138 Å². The molecule has 0 radical (unpaired) electrons. The van der Waals surface area contributed by atoms with Crippen LogP contribution < -0.4 is 5.32 Å². The molecule has 2 aliphatic rings. The van der Waals surface area contributed by atoms with Gasteiger partial charge >= 0.3 is 6.03 Å². The number of aryl methyl sites for hydroxylation is 2. The smallest absolute Gasteiger partial charge is 0.317 e. The first-order valence-corrected chi connectivity index (χ1v) is 8.89. The summed E-state index contributed by atoms with van der Waals surface area (Å²) in [5.74, 6) is 1.10. The van der Waals surface area contributed by atoms with Crippen molar-refractivity contribution < 1.29 is 9.53 Å². The van der Waals surface area contributed by atoms with Gasteiger partial charge in [0.2, 0.25) is 0 Å².